The third-order valence-electron chi connectivity index (χ3n) is 13.9. The van der Waals surface area contributed by atoms with Crippen LogP contribution in [0.2, 0.25) is 0 Å². The molecule has 0 radical (unpaired) electrons. The molecule has 0 saturated heterocycles. The first kappa shape index (κ1) is 45.0. The molecule has 0 spiro atoms. The molecule has 4 heterocycles. The van der Waals surface area contributed by atoms with Gasteiger partial charge >= 0.3 is 0 Å². The van der Waals surface area contributed by atoms with Crippen molar-refractivity contribution in [3.05, 3.63) is 212 Å². The topological polar surface area (TPSA) is 15.5 Å². The number of hydrogen-bond donors (Lipinski definition) is 0. The third-order valence-corrected chi connectivity index (χ3v) is 13.9. The average molecular weight is 1120 g/mol. The van der Waals surface area contributed by atoms with Crippen LogP contribution in [0.1, 0.15) is 203 Å². The van der Waals surface area contributed by atoms with E-state index >= 15 is 0 Å². The van der Waals surface area contributed by atoms with E-state index in [9.17, 15) is 0 Å². The van der Waals surface area contributed by atoms with E-state index in [1.807, 2.05) is 191 Å². The highest BCUT2D eigenvalue weighted by Crippen LogP contribution is 2.32. The summed E-state index contributed by atoms with van der Waals surface area (Å²) in [7, 11) is 7.71. The number of hydrogen-bond acceptors (Lipinski definition) is 0. The maximum absolute atomic E-state index is 8.96. The Labute approximate surface area is 524 Å². The van der Waals surface area contributed by atoms with Crippen LogP contribution in [0, 0.1) is 78.3 Å². The van der Waals surface area contributed by atoms with Gasteiger partial charge in [0.05, 0.1) is 0 Å². The minimum absolute atomic E-state index is 0.257. The Bertz CT molecular complexity index is 4150. The molecule has 8 aromatic rings. The van der Waals surface area contributed by atoms with Gasteiger partial charge in [-0.15, -0.1) is 0 Å². The molecule has 0 aliphatic rings. The van der Waals surface area contributed by atoms with Crippen LogP contribution in [0.5, 0.6) is 0 Å². The van der Waals surface area contributed by atoms with Crippen molar-refractivity contribution in [2.75, 3.05) is 0 Å². The van der Waals surface area contributed by atoms with E-state index in [0.29, 0.717) is 33.5 Å². The van der Waals surface area contributed by atoms with Gasteiger partial charge in [-0.1, -0.05) is 161 Å². The number of rotatable bonds is 9. The van der Waals surface area contributed by atoms with Crippen molar-refractivity contribution in [3.8, 4) is 45.0 Å². The summed E-state index contributed by atoms with van der Waals surface area (Å²) in [4.78, 5) is 0. The third kappa shape index (κ3) is 18.8. The lowest BCUT2D eigenvalue weighted by molar-refractivity contribution is -0.661. The molecule has 8 rings (SSSR count). The van der Waals surface area contributed by atoms with E-state index in [-0.39, 0.29) is 5.56 Å². The molecule has 0 bridgehead atoms. The normalized spacial score (nSPS) is 16.0. The monoisotopic (exact) mass is 1120 g/mol. The quantitative estimate of drug-likeness (QED) is 0.128. The first-order valence-corrected chi connectivity index (χ1v) is 28.6. The summed E-state index contributed by atoms with van der Waals surface area (Å²) in [6.07, 6.45) is 2.54. The van der Waals surface area contributed by atoms with Crippen LogP contribution in [-0.2, 0) is 47.3 Å². The number of nitrogens with zero attached hydrogens (tertiary/aromatic N) is 4. The molecule has 82 heavy (non-hydrogen) atoms. The summed E-state index contributed by atoms with van der Waals surface area (Å²) in [5.41, 5.74) is 16.0. The summed E-state index contributed by atoms with van der Waals surface area (Å²) < 4.78 is 145. The Morgan fingerprint density at radius 2 is 0.768 bits per heavy atom. The molecule has 0 amide bonds. The zero-order chi connectivity index (χ0) is 76.1. The van der Waals surface area contributed by atoms with Crippen LogP contribution >= 0.6 is 0 Å². The van der Waals surface area contributed by atoms with E-state index in [0.717, 1.165) is 61.5 Å². The molecule has 0 atom stereocenters. The maximum Gasteiger partial charge on any atom is 0.212 e. The van der Waals surface area contributed by atoms with Crippen LogP contribution in [0.25, 0.3) is 45.0 Å². The van der Waals surface area contributed by atoms with Gasteiger partial charge in [0.15, 0.2) is 24.8 Å². The average Bonchev–Trinajstić information content (AvgIpc) is 0.740. The molecule has 4 aromatic carbocycles. The second-order valence-corrected chi connectivity index (χ2v) is 25.8. The molecule has 0 unspecified atom stereocenters. The standard InChI is InChI=1S/C24H36N.C20H28N.2C17H22N/c1-17-10-11-21(18(2)12-17)22-13-19(14-23(3,4)5)20(16-25(22)9)15-24(6,7)8;1-14-8-9-18(16(3)10-14)19-11-15(2)17(13-21(19)7)12-20(4,5)6;1-12(2)15-7-9-17(18(5)11-15)16-8-6-13(3)10-14(16)4;1-12(2)16-11-18(5)17(10-14(16)4)15-9-7-6-8-13(15)3/h10-13,16H,14-15H2,1-9H3;8-11,13H,12H2,1-7H3;2*6-12H,1-5H3/q4*+1/i1D3,14D2,15D2;1D3,12D2;3D3,12D;12D. The van der Waals surface area contributed by atoms with Gasteiger partial charge in [0, 0.05) is 92.1 Å². The fraction of sp³-hybridized carbons (Fsp3) is 0.436. The van der Waals surface area contributed by atoms with Crippen molar-refractivity contribution in [1.82, 2.24) is 0 Å². The summed E-state index contributed by atoms with van der Waals surface area (Å²) in [5, 5.41) is 0. The van der Waals surface area contributed by atoms with E-state index in [4.69, 9.17) is 23.3 Å². The van der Waals surface area contributed by atoms with Crippen LogP contribution in [0.15, 0.2) is 134 Å². The largest absolute Gasteiger partial charge is 0.212 e. The van der Waals surface area contributed by atoms with Gasteiger partial charge < -0.3 is 0 Å². The first-order valence-electron chi connectivity index (χ1n) is 37.1. The predicted octanol–water partition coefficient (Wildman–Crippen LogP) is 18.5. The summed E-state index contributed by atoms with van der Waals surface area (Å²) in [6.45, 7) is 29.6. The van der Waals surface area contributed by atoms with E-state index in [2.05, 4.69) is 62.0 Å². The highest BCUT2D eigenvalue weighted by atomic mass is 14.9. The molecule has 4 nitrogen and oxygen atoms in total. The maximum atomic E-state index is 8.96. The van der Waals surface area contributed by atoms with E-state index in [1.54, 1.807) is 59.3 Å². The molecule has 4 heteroatoms. The molecule has 0 fully saturated rings. The first-order chi connectivity index (χ1) is 44.6. The van der Waals surface area contributed by atoms with Gasteiger partial charge in [0.1, 0.15) is 28.2 Å². The molecule has 4 aromatic heterocycles. The lowest BCUT2D eigenvalue weighted by Crippen LogP contribution is -2.33. The smallest absolute Gasteiger partial charge is 0.201 e. The zero-order valence-electron chi connectivity index (χ0n) is 71.0. The van der Waals surface area contributed by atoms with E-state index in [1.165, 1.54) is 22.4 Å². The van der Waals surface area contributed by atoms with Crippen LogP contribution in [-0.4, -0.2) is 0 Å². The molecular weight excluding hydrogens is 993 g/mol. The van der Waals surface area contributed by atoms with Gasteiger partial charge in [-0.25, -0.2) is 18.3 Å². The summed E-state index contributed by atoms with van der Waals surface area (Å²) in [6, 6.07) is 33.7. The number of pyridine rings is 4. The van der Waals surface area contributed by atoms with Crippen LogP contribution in [0.4, 0.5) is 0 Å². The number of benzene rings is 4. The summed E-state index contributed by atoms with van der Waals surface area (Å²) in [5.74, 6) is -1.21. The van der Waals surface area contributed by atoms with Gasteiger partial charge in [0.2, 0.25) is 22.8 Å². The van der Waals surface area contributed by atoms with Crippen molar-refractivity contribution in [2.45, 2.75) is 183 Å². The Kier molecular flexibility index (Phi) is 15.2. The lowest BCUT2D eigenvalue weighted by atomic mass is 9.81. The predicted molar refractivity (Wildman–Crippen MR) is 353 cm³/mol. The van der Waals surface area contributed by atoms with Gasteiger partial charge in [-0.05, 0) is 179 Å². The molecule has 0 N–H and O–H groups in total. The molecule has 0 aliphatic heterocycles. The Balaban J connectivity index is 0.000000242. The Hall–Kier alpha value is -6.52. The minimum Gasteiger partial charge on any atom is -0.201 e. The molecule has 436 valence electrons. The van der Waals surface area contributed by atoms with Gasteiger partial charge in [0.25, 0.3) is 0 Å². The highest BCUT2D eigenvalue weighted by molar-refractivity contribution is 5.65. The molecular formula is C78H108N4+4. The lowest BCUT2D eigenvalue weighted by Gasteiger charge is -2.24. The minimum atomic E-state index is -2.20. The fourth-order valence-electron chi connectivity index (χ4n) is 9.92. The zero-order valence-corrected chi connectivity index (χ0v) is 54.0. The molecule has 0 aliphatic carbocycles. The fourth-order valence-corrected chi connectivity index (χ4v) is 9.92. The second-order valence-electron chi connectivity index (χ2n) is 25.8. The van der Waals surface area contributed by atoms with Gasteiger partial charge in [-0.3, -0.25) is 0 Å². The Morgan fingerprint density at radius 1 is 0.378 bits per heavy atom. The van der Waals surface area contributed by atoms with Crippen LogP contribution in [0.3, 0.4) is 0 Å². The summed E-state index contributed by atoms with van der Waals surface area (Å²) >= 11 is 0. The number of aromatic nitrogens is 4. The Morgan fingerprint density at radius 3 is 1.20 bits per heavy atom. The van der Waals surface area contributed by atoms with Crippen molar-refractivity contribution in [2.24, 2.45) is 44.4 Å². The number of aryl methyl sites for hydroxylation is 13. The van der Waals surface area contributed by atoms with Gasteiger partial charge in [-0.2, -0.15) is 0 Å². The molecule has 0 saturated carbocycles. The van der Waals surface area contributed by atoms with Crippen LogP contribution < -0.4 is 18.3 Å². The van der Waals surface area contributed by atoms with Crippen molar-refractivity contribution >= 4 is 0 Å². The highest BCUT2D eigenvalue weighted by Gasteiger charge is 2.25. The van der Waals surface area contributed by atoms with Crippen molar-refractivity contribution in [3.63, 3.8) is 0 Å². The second kappa shape index (κ2) is 27.7. The van der Waals surface area contributed by atoms with Crippen molar-refractivity contribution < 1.29 is 41.6 Å². The van der Waals surface area contributed by atoms with Crippen molar-refractivity contribution in [1.29, 1.82) is 0 Å². The van der Waals surface area contributed by atoms with E-state index < -0.39 is 67.7 Å². The SMILES string of the molecule is [2H]C(C)(C)c1c[n+](C)c(-c2ccccc2C)cc1C.[2H]C([2H])([2H])c1ccc(-c2cc(C([2H])([2H])C(C)(C)C)c(C([2H])([2H])C(C)(C)C)c[n+]2C)c(C)c1.[2H]C([2H])([2H])c1ccc(-c2cc(C)c(C([2H])([2H])C(C)(C)C)c[n+]2C)c(C)c1.[2H]C([2H])([2H])c1ccc(-c2ccc(C([2H])(C)C)c[n+]2C)c(C)c1.